The number of anilines is 1. The maximum atomic E-state index is 5.16. The summed E-state index contributed by atoms with van der Waals surface area (Å²) in [5.74, 6) is 1.45. The van der Waals surface area contributed by atoms with Gasteiger partial charge < -0.3 is 10.1 Å². The highest BCUT2D eigenvalue weighted by atomic mass is 79.9. The molecule has 0 aliphatic rings. The number of hydrogen-bond acceptors (Lipinski definition) is 5. The Hall–Kier alpha value is -1.14. The summed E-state index contributed by atoms with van der Waals surface area (Å²) < 4.78 is 6.32. The van der Waals surface area contributed by atoms with Crippen molar-refractivity contribution >= 4 is 33.1 Å². The average molecular weight is 328 g/mol. The van der Waals surface area contributed by atoms with Crippen LogP contribution in [0.4, 0.5) is 5.82 Å². The van der Waals surface area contributed by atoms with E-state index in [1.54, 1.807) is 18.4 Å². The molecule has 0 bridgehead atoms. The van der Waals surface area contributed by atoms with Crippen molar-refractivity contribution in [1.29, 1.82) is 0 Å². The number of aromatic nitrogens is 2. The first-order valence-electron chi connectivity index (χ1n) is 5.54. The van der Waals surface area contributed by atoms with E-state index in [9.17, 15) is 0 Å². The SMILES string of the molecule is COc1ncnc(NCCc2ccc(Br)s2)c1C. The molecule has 0 radical (unpaired) electrons. The van der Waals surface area contributed by atoms with Crippen molar-refractivity contribution in [3.05, 3.63) is 32.7 Å². The van der Waals surface area contributed by atoms with Crippen LogP contribution in [0.15, 0.2) is 22.2 Å². The normalized spacial score (nSPS) is 10.4. The van der Waals surface area contributed by atoms with Crippen molar-refractivity contribution in [2.75, 3.05) is 19.0 Å². The summed E-state index contributed by atoms with van der Waals surface area (Å²) in [6, 6.07) is 4.20. The molecule has 0 amide bonds. The van der Waals surface area contributed by atoms with Gasteiger partial charge in [-0.15, -0.1) is 11.3 Å². The lowest BCUT2D eigenvalue weighted by Crippen LogP contribution is -2.08. The van der Waals surface area contributed by atoms with Crippen LogP contribution in [0.5, 0.6) is 5.88 Å². The van der Waals surface area contributed by atoms with E-state index in [2.05, 4.69) is 43.3 Å². The fourth-order valence-electron chi connectivity index (χ4n) is 1.61. The fraction of sp³-hybridized carbons (Fsp3) is 0.333. The highest BCUT2D eigenvalue weighted by molar-refractivity contribution is 9.11. The molecule has 0 unspecified atom stereocenters. The van der Waals surface area contributed by atoms with Gasteiger partial charge in [0, 0.05) is 11.4 Å². The molecule has 0 fully saturated rings. The molecular formula is C12H14BrN3OS. The summed E-state index contributed by atoms with van der Waals surface area (Å²) in [5.41, 5.74) is 0.937. The molecule has 0 aliphatic heterocycles. The van der Waals surface area contributed by atoms with Crippen LogP contribution in [-0.4, -0.2) is 23.6 Å². The van der Waals surface area contributed by atoms with Crippen LogP contribution in [0.3, 0.4) is 0 Å². The molecule has 0 aromatic carbocycles. The maximum absolute atomic E-state index is 5.16. The van der Waals surface area contributed by atoms with E-state index in [1.165, 1.54) is 11.2 Å². The van der Waals surface area contributed by atoms with Crippen LogP contribution in [0, 0.1) is 6.92 Å². The predicted octanol–water partition coefficient (Wildman–Crippen LogP) is 3.27. The Morgan fingerprint density at radius 3 is 2.89 bits per heavy atom. The second-order valence-electron chi connectivity index (χ2n) is 3.74. The van der Waals surface area contributed by atoms with E-state index in [1.807, 2.05) is 6.92 Å². The summed E-state index contributed by atoms with van der Waals surface area (Å²) in [6.45, 7) is 2.79. The highest BCUT2D eigenvalue weighted by Crippen LogP contribution is 2.23. The van der Waals surface area contributed by atoms with Gasteiger partial charge in [-0.25, -0.2) is 9.97 Å². The van der Waals surface area contributed by atoms with E-state index in [-0.39, 0.29) is 0 Å². The Balaban J connectivity index is 1.94. The monoisotopic (exact) mass is 327 g/mol. The maximum Gasteiger partial charge on any atom is 0.221 e. The first-order chi connectivity index (χ1) is 8.70. The van der Waals surface area contributed by atoms with Crippen LogP contribution in [-0.2, 0) is 6.42 Å². The topological polar surface area (TPSA) is 47.0 Å². The Labute approximate surface area is 119 Å². The zero-order valence-corrected chi connectivity index (χ0v) is 12.6. The van der Waals surface area contributed by atoms with Gasteiger partial charge in [0.2, 0.25) is 5.88 Å². The quantitative estimate of drug-likeness (QED) is 0.915. The number of halogens is 1. The van der Waals surface area contributed by atoms with E-state index in [0.717, 1.165) is 28.1 Å². The van der Waals surface area contributed by atoms with E-state index in [0.29, 0.717) is 5.88 Å². The molecule has 2 rings (SSSR count). The van der Waals surface area contributed by atoms with Gasteiger partial charge in [0.1, 0.15) is 12.1 Å². The lowest BCUT2D eigenvalue weighted by molar-refractivity contribution is 0.393. The van der Waals surface area contributed by atoms with Crippen LogP contribution >= 0.6 is 27.3 Å². The molecule has 1 N–H and O–H groups in total. The molecule has 2 aromatic heterocycles. The second kappa shape index (κ2) is 6.15. The van der Waals surface area contributed by atoms with Gasteiger partial charge in [0.25, 0.3) is 0 Å². The lowest BCUT2D eigenvalue weighted by Gasteiger charge is -2.09. The smallest absolute Gasteiger partial charge is 0.221 e. The summed E-state index contributed by atoms with van der Waals surface area (Å²) in [5, 5.41) is 3.31. The van der Waals surface area contributed by atoms with Crippen molar-refractivity contribution in [2.24, 2.45) is 0 Å². The molecule has 0 spiro atoms. The molecule has 0 saturated heterocycles. The van der Waals surface area contributed by atoms with Crippen molar-refractivity contribution in [3.8, 4) is 5.88 Å². The molecule has 2 heterocycles. The summed E-state index contributed by atoms with van der Waals surface area (Å²) in [6.07, 6.45) is 2.48. The average Bonchev–Trinajstić information content (AvgIpc) is 2.77. The molecule has 6 heteroatoms. The Morgan fingerprint density at radius 2 is 2.22 bits per heavy atom. The fourth-order valence-corrected chi connectivity index (χ4v) is 3.09. The van der Waals surface area contributed by atoms with E-state index < -0.39 is 0 Å². The first-order valence-corrected chi connectivity index (χ1v) is 7.15. The number of methoxy groups -OCH3 is 1. The third-order valence-corrected chi connectivity index (χ3v) is 4.21. The van der Waals surface area contributed by atoms with Crippen LogP contribution in [0.2, 0.25) is 0 Å². The van der Waals surface area contributed by atoms with Crippen molar-refractivity contribution in [1.82, 2.24) is 9.97 Å². The third kappa shape index (κ3) is 3.20. The minimum Gasteiger partial charge on any atom is -0.481 e. The van der Waals surface area contributed by atoms with Gasteiger partial charge in [0.15, 0.2) is 0 Å². The van der Waals surface area contributed by atoms with Gasteiger partial charge in [0.05, 0.1) is 16.5 Å². The number of nitrogens with one attached hydrogen (secondary N) is 1. The lowest BCUT2D eigenvalue weighted by atomic mass is 10.3. The van der Waals surface area contributed by atoms with Gasteiger partial charge >= 0.3 is 0 Å². The van der Waals surface area contributed by atoms with E-state index >= 15 is 0 Å². The summed E-state index contributed by atoms with van der Waals surface area (Å²) in [4.78, 5) is 9.61. The molecule has 0 aliphatic carbocycles. The zero-order valence-electron chi connectivity index (χ0n) is 10.2. The molecule has 18 heavy (non-hydrogen) atoms. The Kier molecular flexibility index (Phi) is 4.54. The number of ether oxygens (including phenoxy) is 1. The highest BCUT2D eigenvalue weighted by Gasteiger charge is 2.06. The van der Waals surface area contributed by atoms with Crippen molar-refractivity contribution in [2.45, 2.75) is 13.3 Å². The van der Waals surface area contributed by atoms with Gasteiger partial charge in [-0.1, -0.05) is 0 Å². The summed E-state index contributed by atoms with van der Waals surface area (Å²) >= 11 is 5.21. The largest absolute Gasteiger partial charge is 0.481 e. The van der Waals surface area contributed by atoms with Crippen LogP contribution in [0.25, 0.3) is 0 Å². The minimum absolute atomic E-state index is 0.617. The zero-order chi connectivity index (χ0) is 13.0. The molecule has 4 nitrogen and oxygen atoms in total. The minimum atomic E-state index is 0.617. The van der Waals surface area contributed by atoms with Gasteiger partial charge in [-0.3, -0.25) is 0 Å². The number of thiophene rings is 1. The second-order valence-corrected chi connectivity index (χ2v) is 6.29. The van der Waals surface area contributed by atoms with Crippen molar-refractivity contribution in [3.63, 3.8) is 0 Å². The molecule has 0 atom stereocenters. The first kappa shape index (κ1) is 13.3. The molecular weight excluding hydrogens is 314 g/mol. The van der Waals surface area contributed by atoms with E-state index in [4.69, 9.17) is 4.74 Å². The standard InChI is InChI=1S/C12H14BrN3OS/c1-8-11(15-7-16-12(8)17-2)14-6-5-9-3-4-10(13)18-9/h3-4,7H,5-6H2,1-2H3,(H,14,15,16). The van der Waals surface area contributed by atoms with Crippen LogP contribution < -0.4 is 10.1 Å². The number of nitrogens with zero attached hydrogens (tertiary/aromatic N) is 2. The van der Waals surface area contributed by atoms with Gasteiger partial charge in [-0.2, -0.15) is 0 Å². The Morgan fingerprint density at radius 1 is 1.39 bits per heavy atom. The molecule has 96 valence electrons. The third-order valence-electron chi connectivity index (χ3n) is 2.52. The predicted molar refractivity (Wildman–Crippen MR) is 77.5 cm³/mol. The number of hydrogen-bond donors (Lipinski definition) is 1. The van der Waals surface area contributed by atoms with Gasteiger partial charge in [-0.05, 0) is 41.4 Å². The number of rotatable bonds is 5. The molecule has 2 aromatic rings. The summed E-state index contributed by atoms with van der Waals surface area (Å²) in [7, 11) is 1.61. The van der Waals surface area contributed by atoms with Crippen LogP contribution in [0.1, 0.15) is 10.4 Å². The molecule has 0 saturated carbocycles. The Bertz CT molecular complexity index is 530. The van der Waals surface area contributed by atoms with Crippen molar-refractivity contribution < 1.29 is 4.74 Å².